The van der Waals surface area contributed by atoms with Crippen LogP contribution in [0, 0.1) is 6.92 Å². The van der Waals surface area contributed by atoms with Gasteiger partial charge in [0.2, 0.25) is 5.91 Å². The van der Waals surface area contributed by atoms with Crippen molar-refractivity contribution in [2.24, 2.45) is 0 Å². The third-order valence-electron chi connectivity index (χ3n) is 6.33. The highest BCUT2D eigenvalue weighted by Gasteiger charge is 2.50. The van der Waals surface area contributed by atoms with Crippen LogP contribution in [0.4, 0.5) is 0 Å². The van der Waals surface area contributed by atoms with Crippen molar-refractivity contribution in [3.8, 4) is 11.1 Å². The Bertz CT molecular complexity index is 1310. The maximum Gasteiger partial charge on any atom is 0.343 e. The van der Waals surface area contributed by atoms with Crippen molar-refractivity contribution in [2.45, 2.75) is 37.2 Å². The molecule has 2 aliphatic heterocycles. The predicted molar refractivity (Wildman–Crippen MR) is 125 cm³/mol. The number of piperidine rings is 1. The van der Waals surface area contributed by atoms with Crippen LogP contribution in [0.3, 0.4) is 0 Å². The highest BCUT2D eigenvalue weighted by Crippen LogP contribution is 2.45. The molecule has 1 N–H and O–H groups in total. The normalized spacial score (nSPS) is 18.1. The number of sulfone groups is 1. The number of rotatable bonds is 3. The van der Waals surface area contributed by atoms with Crippen LogP contribution >= 0.6 is 11.6 Å². The Kier molecular flexibility index (Phi) is 5.78. The first-order valence-corrected chi connectivity index (χ1v) is 12.7. The molecule has 0 radical (unpaired) electrons. The minimum absolute atomic E-state index is 0.0592. The Labute approximate surface area is 197 Å². The van der Waals surface area contributed by atoms with E-state index in [4.69, 9.17) is 16.3 Å². The number of aliphatic hydroxyl groups is 1. The summed E-state index contributed by atoms with van der Waals surface area (Å²) < 4.78 is 29.5. The van der Waals surface area contributed by atoms with E-state index < -0.39 is 21.4 Å². The molecule has 0 aromatic heterocycles. The van der Waals surface area contributed by atoms with Crippen molar-refractivity contribution in [2.75, 3.05) is 19.3 Å². The molecule has 0 bridgehead atoms. The number of halogens is 1. The first kappa shape index (κ1) is 23.3. The summed E-state index contributed by atoms with van der Waals surface area (Å²) in [5.74, 6) is -0.826. The summed E-state index contributed by atoms with van der Waals surface area (Å²) in [6.07, 6.45) is 1.77. The standard InChI is InChI=1S/C24H24ClNO6S/c1-14-11-19(16-5-4-6-17(12-16)33(3,30)31)20(25)13-18(14)21-22(28)24(32-23(21)29)7-9-26(10-8-24)15(2)27/h4-6,11-13,28H,7-10H2,1-3H3. The molecule has 174 valence electrons. The smallest absolute Gasteiger partial charge is 0.343 e. The Morgan fingerprint density at radius 3 is 2.42 bits per heavy atom. The number of likely N-dealkylation sites (tertiary alicyclic amines) is 1. The average Bonchev–Trinajstić information content (AvgIpc) is 2.98. The third-order valence-corrected chi connectivity index (χ3v) is 7.76. The molecule has 2 heterocycles. The number of aliphatic hydroxyl groups excluding tert-OH is 1. The van der Waals surface area contributed by atoms with E-state index in [1.807, 2.05) is 0 Å². The third kappa shape index (κ3) is 4.13. The molecule has 0 atom stereocenters. The van der Waals surface area contributed by atoms with Crippen LogP contribution in [0.1, 0.15) is 30.9 Å². The van der Waals surface area contributed by atoms with Crippen molar-refractivity contribution >= 4 is 38.9 Å². The summed E-state index contributed by atoms with van der Waals surface area (Å²) in [5.41, 5.74) is 1.30. The topological polar surface area (TPSA) is 101 Å². The van der Waals surface area contributed by atoms with Gasteiger partial charge in [-0.15, -0.1) is 0 Å². The van der Waals surface area contributed by atoms with Gasteiger partial charge < -0.3 is 14.7 Å². The van der Waals surface area contributed by atoms with E-state index in [0.717, 1.165) is 6.26 Å². The second-order valence-electron chi connectivity index (χ2n) is 8.56. The molecule has 1 fully saturated rings. The summed E-state index contributed by atoms with van der Waals surface area (Å²) in [6.45, 7) is 4.04. The van der Waals surface area contributed by atoms with Crippen LogP contribution in [-0.4, -0.2) is 55.2 Å². The van der Waals surface area contributed by atoms with Crippen LogP contribution in [-0.2, 0) is 24.2 Å². The summed E-state index contributed by atoms with van der Waals surface area (Å²) in [4.78, 5) is 26.3. The molecule has 33 heavy (non-hydrogen) atoms. The quantitative estimate of drug-likeness (QED) is 0.655. The predicted octanol–water partition coefficient (Wildman–Crippen LogP) is 3.93. The van der Waals surface area contributed by atoms with Crippen LogP contribution < -0.4 is 0 Å². The number of benzene rings is 2. The van der Waals surface area contributed by atoms with Gasteiger partial charge in [-0.05, 0) is 47.9 Å². The second kappa shape index (κ2) is 8.18. The van der Waals surface area contributed by atoms with E-state index >= 15 is 0 Å². The number of hydrogen-bond donors (Lipinski definition) is 1. The highest BCUT2D eigenvalue weighted by atomic mass is 35.5. The molecule has 0 unspecified atom stereocenters. The van der Waals surface area contributed by atoms with Gasteiger partial charge in [-0.25, -0.2) is 13.2 Å². The molecule has 9 heteroatoms. The maximum atomic E-state index is 12.8. The van der Waals surface area contributed by atoms with Gasteiger partial charge in [-0.2, -0.15) is 0 Å². The molecule has 1 spiro atoms. The first-order chi connectivity index (χ1) is 15.4. The Morgan fingerprint density at radius 2 is 1.82 bits per heavy atom. The lowest BCUT2D eigenvalue weighted by molar-refractivity contribution is -0.152. The van der Waals surface area contributed by atoms with Gasteiger partial charge in [-0.1, -0.05) is 23.7 Å². The number of esters is 1. The number of ether oxygens (including phenoxy) is 1. The van der Waals surface area contributed by atoms with Crippen LogP contribution in [0.5, 0.6) is 0 Å². The van der Waals surface area contributed by atoms with Crippen molar-refractivity contribution in [1.29, 1.82) is 0 Å². The largest absolute Gasteiger partial charge is 0.507 e. The summed E-state index contributed by atoms with van der Waals surface area (Å²) in [6, 6.07) is 9.82. The lowest BCUT2D eigenvalue weighted by Crippen LogP contribution is -2.47. The Hall–Kier alpha value is -2.84. The lowest BCUT2D eigenvalue weighted by atomic mass is 9.86. The van der Waals surface area contributed by atoms with Crippen molar-refractivity contribution < 1.29 is 27.9 Å². The molecule has 1 amide bonds. The zero-order valence-corrected chi connectivity index (χ0v) is 20.1. The molecule has 2 aromatic carbocycles. The van der Waals surface area contributed by atoms with E-state index in [-0.39, 0.29) is 22.1 Å². The van der Waals surface area contributed by atoms with Crippen molar-refractivity contribution in [3.05, 3.63) is 58.3 Å². The molecule has 7 nitrogen and oxygen atoms in total. The number of aryl methyl sites for hydroxylation is 1. The maximum absolute atomic E-state index is 12.8. The fraction of sp³-hybridized carbons (Fsp3) is 0.333. The van der Waals surface area contributed by atoms with Crippen LogP contribution in [0.15, 0.2) is 47.1 Å². The van der Waals surface area contributed by atoms with Crippen molar-refractivity contribution in [3.63, 3.8) is 0 Å². The SMILES string of the molecule is CC(=O)N1CCC2(CC1)OC(=O)C(c1cc(Cl)c(-c3cccc(S(C)(=O)=O)c3)cc1C)=C2O. The monoisotopic (exact) mass is 489 g/mol. The molecule has 0 aliphatic carbocycles. The van der Waals surface area contributed by atoms with Gasteiger partial charge >= 0.3 is 5.97 Å². The van der Waals surface area contributed by atoms with E-state index in [2.05, 4.69) is 0 Å². The molecular weight excluding hydrogens is 466 g/mol. The van der Waals surface area contributed by atoms with E-state index in [0.29, 0.717) is 53.2 Å². The van der Waals surface area contributed by atoms with Gasteiger partial charge in [0.25, 0.3) is 0 Å². The molecule has 1 saturated heterocycles. The van der Waals surface area contributed by atoms with Gasteiger partial charge in [0.1, 0.15) is 5.57 Å². The van der Waals surface area contributed by atoms with Gasteiger partial charge in [-0.3, -0.25) is 4.79 Å². The van der Waals surface area contributed by atoms with Crippen molar-refractivity contribution in [1.82, 2.24) is 4.90 Å². The number of hydrogen-bond acceptors (Lipinski definition) is 6. The molecule has 4 rings (SSSR count). The zero-order chi connectivity index (χ0) is 24.1. The highest BCUT2D eigenvalue weighted by molar-refractivity contribution is 7.90. The Morgan fingerprint density at radius 1 is 1.15 bits per heavy atom. The number of nitrogens with zero attached hydrogens (tertiary/aromatic N) is 1. The minimum Gasteiger partial charge on any atom is -0.507 e. The Balaban J connectivity index is 1.74. The summed E-state index contributed by atoms with van der Waals surface area (Å²) in [7, 11) is -3.39. The zero-order valence-electron chi connectivity index (χ0n) is 18.5. The lowest BCUT2D eigenvalue weighted by Gasteiger charge is -2.37. The number of carbonyl (C=O) groups is 2. The first-order valence-electron chi connectivity index (χ1n) is 10.5. The summed E-state index contributed by atoms with van der Waals surface area (Å²) in [5, 5.41) is 11.4. The van der Waals surface area contributed by atoms with Gasteiger partial charge in [0.15, 0.2) is 21.2 Å². The fourth-order valence-corrected chi connectivity index (χ4v) is 5.37. The average molecular weight is 490 g/mol. The minimum atomic E-state index is -3.39. The van der Waals surface area contributed by atoms with Gasteiger partial charge in [0.05, 0.1) is 4.90 Å². The van der Waals surface area contributed by atoms with E-state index in [9.17, 15) is 23.1 Å². The number of carbonyl (C=O) groups excluding carboxylic acids is 2. The molecule has 2 aliphatic rings. The second-order valence-corrected chi connectivity index (χ2v) is 11.0. The van der Waals surface area contributed by atoms with Gasteiger partial charge in [0, 0.05) is 49.7 Å². The molecule has 0 saturated carbocycles. The summed E-state index contributed by atoms with van der Waals surface area (Å²) >= 11 is 6.56. The van der Waals surface area contributed by atoms with Crippen LogP contribution in [0.25, 0.3) is 16.7 Å². The van der Waals surface area contributed by atoms with E-state index in [1.165, 1.54) is 13.0 Å². The van der Waals surface area contributed by atoms with Crippen LogP contribution in [0.2, 0.25) is 5.02 Å². The van der Waals surface area contributed by atoms with E-state index in [1.54, 1.807) is 42.2 Å². The molecular formula is C24H24ClNO6S. The fourth-order valence-electron chi connectivity index (χ4n) is 4.43. The number of amides is 1. The molecule has 2 aromatic rings.